The third-order valence-corrected chi connectivity index (χ3v) is 4.22. The van der Waals surface area contributed by atoms with E-state index in [-0.39, 0.29) is 5.39 Å². The van der Waals surface area contributed by atoms with Gasteiger partial charge in [-0.15, -0.1) is 0 Å². The third-order valence-electron chi connectivity index (χ3n) is 4.22. The lowest BCUT2D eigenvalue weighted by atomic mass is 9.93. The zero-order valence-electron chi connectivity index (χ0n) is 14.8. The Morgan fingerprint density at radius 1 is 1.18 bits per heavy atom. The van der Waals surface area contributed by atoms with Crippen molar-refractivity contribution in [1.82, 2.24) is 9.88 Å². The summed E-state index contributed by atoms with van der Waals surface area (Å²) in [7, 11) is 2.90. The van der Waals surface area contributed by atoms with Crippen molar-refractivity contribution in [1.29, 1.82) is 0 Å². The number of halogens is 6. The fourth-order valence-corrected chi connectivity index (χ4v) is 2.88. The number of fused-ring (bicyclic) bond motifs is 1. The van der Waals surface area contributed by atoms with E-state index in [0.29, 0.717) is 12.1 Å². The van der Waals surface area contributed by atoms with Crippen molar-refractivity contribution in [2.75, 3.05) is 14.1 Å². The molecule has 0 saturated carbocycles. The van der Waals surface area contributed by atoms with Crippen LogP contribution in [0.1, 0.15) is 29.3 Å². The molecule has 0 saturated heterocycles. The van der Waals surface area contributed by atoms with Gasteiger partial charge in [-0.25, -0.2) is 4.98 Å². The highest BCUT2D eigenvalue weighted by Gasteiger charge is 2.39. The van der Waals surface area contributed by atoms with Crippen LogP contribution >= 0.6 is 0 Å². The topological polar surface area (TPSA) is 79.5 Å². The van der Waals surface area contributed by atoms with Crippen molar-refractivity contribution in [3.05, 3.63) is 41.1 Å². The van der Waals surface area contributed by atoms with Crippen molar-refractivity contribution in [2.45, 2.75) is 30.9 Å². The molecular formula is C17H17F6N3O2. The maximum absolute atomic E-state index is 13.3. The number of aromatic nitrogens is 1. The van der Waals surface area contributed by atoms with E-state index in [0.717, 1.165) is 12.1 Å². The first-order valence-electron chi connectivity index (χ1n) is 7.94. The summed E-state index contributed by atoms with van der Waals surface area (Å²) in [6.07, 6.45) is -12.1. The monoisotopic (exact) mass is 409 g/mol. The molecule has 5 nitrogen and oxygen atoms in total. The van der Waals surface area contributed by atoms with E-state index in [2.05, 4.69) is 4.98 Å². The molecule has 0 aliphatic carbocycles. The molecule has 28 heavy (non-hydrogen) atoms. The molecule has 0 aliphatic rings. The van der Waals surface area contributed by atoms with Gasteiger partial charge in [0.2, 0.25) is 5.91 Å². The molecule has 2 rings (SSSR count). The number of rotatable bonds is 5. The van der Waals surface area contributed by atoms with Crippen LogP contribution in [0.2, 0.25) is 0 Å². The van der Waals surface area contributed by atoms with Gasteiger partial charge in [0.05, 0.1) is 17.2 Å². The van der Waals surface area contributed by atoms with E-state index in [9.17, 15) is 36.2 Å². The maximum atomic E-state index is 13.3. The molecule has 2 aromatic rings. The molecule has 0 radical (unpaired) electrons. The summed E-state index contributed by atoms with van der Waals surface area (Å²) in [5.74, 6) is -0.830. The Balaban J connectivity index is 2.82. The molecule has 11 heteroatoms. The number of alkyl halides is 6. The van der Waals surface area contributed by atoms with Gasteiger partial charge in [-0.05, 0) is 31.8 Å². The SMILES string of the molecule is CN(C)C(CC(N)=O)C(O)c1cc(C(F)(F)F)nc2c(C(F)(F)F)cccc12. The Kier molecular flexibility index (Phi) is 5.90. The van der Waals surface area contributed by atoms with Crippen LogP contribution in [0.3, 0.4) is 0 Å². The molecule has 154 valence electrons. The van der Waals surface area contributed by atoms with Crippen LogP contribution in [0.4, 0.5) is 26.3 Å². The number of carbonyl (C=O) groups excluding carboxylic acids is 1. The minimum atomic E-state index is -5.04. The second-order valence-electron chi connectivity index (χ2n) is 6.44. The Morgan fingerprint density at radius 3 is 2.25 bits per heavy atom. The number of amides is 1. The van der Waals surface area contributed by atoms with Crippen LogP contribution in [0.15, 0.2) is 24.3 Å². The Morgan fingerprint density at radius 2 is 1.79 bits per heavy atom. The number of benzene rings is 1. The van der Waals surface area contributed by atoms with Gasteiger partial charge in [0.1, 0.15) is 5.69 Å². The smallest absolute Gasteiger partial charge is 0.387 e. The highest BCUT2D eigenvalue weighted by molar-refractivity contribution is 5.86. The summed E-state index contributed by atoms with van der Waals surface area (Å²) in [5, 5.41) is 10.4. The van der Waals surface area contributed by atoms with Gasteiger partial charge < -0.3 is 15.7 Å². The molecule has 2 atom stereocenters. The number of hydrogen-bond donors (Lipinski definition) is 2. The fraction of sp³-hybridized carbons (Fsp3) is 0.412. The van der Waals surface area contributed by atoms with Gasteiger partial charge in [-0.3, -0.25) is 4.79 Å². The lowest BCUT2D eigenvalue weighted by molar-refractivity contribution is -0.142. The minimum absolute atomic E-state index is 0.299. The lowest BCUT2D eigenvalue weighted by Crippen LogP contribution is -2.38. The molecule has 0 bridgehead atoms. The van der Waals surface area contributed by atoms with E-state index >= 15 is 0 Å². The van der Waals surface area contributed by atoms with E-state index in [1.54, 1.807) is 0 Å². The molecule has 0 aliphatic heterocycles. The number of nitrogens with two attached hydrogens (primary N) is 1. The van der Waals surface area contributed by atoms with E-state index < -0.39 is 59.2 Å². The van der Waals surface area contributed by atoms with Crippen molar-refractivity contribution < 1.29 is 36.2 Å². The van der Waals surface area contributed by atoms with Crippen molar-refractivity contribution in [2.24, 2.45) is 5.73 Å². The fourth-order valence-electron chi connectivity index (χ4n) is 2.88. The number of hydrogen-bond acceptors (Lipinski definition) is 4. The first kappa shape index (κ1) is 21.9. The Labute approximate surface area is 155 Å². The minimum Gasteiger partial charge on any atom is -0.387 e. The highest BCUT2D eigenvalue weighted by atomic mass is 19.4. The molecule has 0 spiro atoms. The van der Waals surface area contributed by atoms with Crippen LogP contribution in [-0.4, -0.2) is 41.0 Å². The van der Waals surface area contributed by atoms with Gasteiger partial charge in [0.25, 0.3) is 0 Å². The zero-order valence-corrected chi connectivity index (χ0v) is 14.8. The maximum Gasteiger partial charge on any atom is 0.433 e. The van der Waals surface area contributed by atoms with Crippen molar-refractivity contribution >= 4 is 16.8 Å². The zero-order chi connectivity index (χ0) is 21.4. The van der Waals surface area contributed by atoms with Gasteiger partial charge in [-0.2, -0.15) is 26.3 Å². The van der Waals surface area contributed by atoms with E-state index in [1.165, 1.54) is 19.0 Å². The van der Waals surface area contributed by atoms with Gasteiger partial charge in [0.15, 0.2) is 0 Å². The largest absolute Gasteiger partial charge is 0.433 e. The molecule has 1 aromatic carbocycles. The summed E-state index contributed by atoms with van der Waals surface area (Å²) >= 11 is 0. The van der Waals surface area contributed by atoms with Gasteiger partial charge in [0, 0.05) is 17.8 Å². The van der Waals surface area contributed by atoms with Crippen molar-refractivity contribution in [3.8, 4) is 0 Å². The predicted octanol–water partition coefficient (Wildman–Crippen LogP) is 3.11. The summed E-state index contributed by atoms with van der Waals surface area (Å²) in [4.78, 5) is 15.8. The summed E-state index contributed by atoms with van der Waals surface area (Å²) in [6, 6.07) is 2.18. The Bertz CT molecular complexity index is 880. The first-order valence-corrected chi connectivity index (χ1v) is 7.94. The molecular weight excluding hydrogens is 392 g/mol. The molecule has 2 unspecified atom stereocenters. The summed E-state index contributed by atoms with van der Waals surface area (Å²) in [6.45, 7) is 0. The summed E-state index contributed by atoms with van der Waals surface area (Å²) in [5.41, 5.74) is 0.819. The van der Waals surface area contributed by atoms with Crippen molar-refractivity contribution in [3.63, 3.8) is 0 Å². The van der Waals surface area contributed by atoms with Crippen LogP contribution in [-0.2, 0) is 17.1 Å². The predicted molar refractivity (Wildman–Crippen MR) is 88.0 cm³/mol. The normalized spacial score (nSPS) is 15.1. The van der Waals surface area contributed by atoms with Gasteiger partial charge in [-0.1, -0.05) is 12.1 Å². The number of nitrogens with zero attached hydrogens (tertiary/aromatic N) is 2. The standard InChI is InChI=1S/C17H17F6N3O2/c1-26(2)11(7-13(24)27)15(28)9-6-12(17(21,22)23)25-14-8(9)4-3-5-10(14)16(18,19)20/h3-6,11,15,28H,7H2,1-2H3,(H2,24,27). The van der Waals surface area contributed by atoms with E-state index in [1.807, 2.05) is 0 Å². The second kappa shape index (κ2) is 7.55. The van der Waals surface area contributed by atoms with Crippen LogP contribution in [0.25, 0.3) is 10.9 Å². The number of aliphatic hydroxyl groups is 1. The van der Waals surface area contributed by atoms with Crippen LogP contribution < -0.4 is 5.73 Å². The molecule has 1 aromatic heterocycles. The molecule has 1 amide bonds. The van der Waals surface area contributed by atoms with Crippen LogP contribution in [0, 0.1) is 0 Å². The number of aliphatic hydroxyl groups excluding tert-OH is 1. The lowest BCUT2D eigenvalue weighted by Gasteiger charge is -2.29. The number of primary amides is 1. The van der Waals surface area contributed by atoms with Gasteiger partial charge >= 0.3 is 12.4 Å². The third kappa shape index (κ3) is 4.53. The van der Waals surface area contributed by atoms with E-state index in [4.69, 9.17) is 5.73 Å². The number of carbonyl (C=O) groups is 1. The Hall–Kier alpha value is -2.40. The average Bonchev–Trinajstić information content (AvgIpc) is 2.55. The highest BCUT2D eigenvalue weighted by Crippen LogP contribution is 2.39. The quantitative estimate of drug-likeness (QED) is 0.744. The first-order chi connectivity index (χ1) is 12.7. The average molecular weight is 409 g/mol. The number of likely N-dealkylation sites (N-methyl/N-ethyl adjacent to an activating group) is 1. The summed E-state index contributed by atoms with van der Waals surface area (Å²) < 4.78 is 79.6. The molecule has 3 N–H and O–H groups in total. The second-order valence-corrected chi connectivity index (χ2v) is 6.44. The molecule has 1 heterocycles. The molecule has 0 fully saturated rings. The van der Waals surface area contributed by atoms with Crippen LogP contribution in [0.5, 0.6) is 0 Å². The number of pyridine rings is 1. The number of para-hydroxylation sites is 1.